The van der Waals surface area contributed by atoms with Crippen LogP contribution in [0.25, 0.3) is 11.5 Å². The summed E-state index contributed by atoms with van der Waals surface area (Å²) in [5.74, 6) is -1.32. The van der Waals surface area contributed by atoms with Crippen LogP contribution in [0.5, 0.6) is 0 Å². The molecule has 1 fully saturated rings. The molecule has 0 unspecified atom stereocenters. The molecule has 0 atom stereocenters. The first-order valence-electron chi connectivity index (χ1n) is 10.0. The third-order valence-corrected chi connectivity index (χ3v) is 5.44. The van der Waals surface area contributed by atoms with Gasteiger partial charge in [-0.25, -0.2) is 13.6 Å². The second-order valence-corrected chi connectivity index (χ2v) is 7.45. The molecule has 0 bridgehead atoms. The van der Waals surface area contributed by atoms with Gasteiger partial charge in [-0.05, 0) is 47.5 Å². The lowest BCUT2D eigenvalue weighted by Crippen LogP contribution is -2.45. The Balaban J connectivity index is 1.52. The Labute approximate surface area is 186 Å². The van der Waals surface area contributed by atoms with Crippen molar-refractivity contribution in [3.63, 3.8) is 0 Å². The summed E-state index contributed by atoms with van der Waals surface area (Å²) in [5.41, 5.74) is -0.319. The van der Waals surface area contributed by atoms with Crippen molar-refractivity contribution >= 4 is 11.9 Å². The van der Waals surface area contributed by atoms with Crippen LogP contribution in [0, 0.1) is 11.6 Å². The van der Waals surface area contributed by atoms with E-state index in [0.29, 0.717) is 16.7 Å². The number of hydrogen-bond acceptors (Lipinski definition) is 5. The average Bonchev–Trinajstić information content (AvgIpc) is 3.40. The highest BCUT2D eigenvalue weighted by molar-refractivity contribution is 6.09. The van der Waals surface area contributed by atoms with Crippen molar-refractivity contribution in [1.82, 2.24) is 20.4 Å². The predicted molar refractivity (Wildman–Crippen MR) is 112 cm³/mol. The molecule has 5 rings (SSSR count). The van der Waals surface area contributed by atoms with Gasteiger partial charge in [0.25, 0.3) is 5.91 Å². The molecular weight excluding hydrogens is 430 g/mol. The van der Waals surface area contributed by atoms with E-state index in [-0.39, 0.29) is 18.3 Å². The van der Waals surface area contributed by atoms with E-state index < -0.39 is 29.1 Å². The first-order chi connectivity index (χ1) is 16.0. The van der Waals surface area contributed by atoms with E-state index in [1.807, 2.05) is 18.2 Å². The van der Waals surface area contributed by atoms with Gasteiger partial charge in [-0.2, -0.15) is 0 Å². The van der Waals surface area contributed by atoms with Gasteiger partial charge in [-0.1, -0.05) is 42.5 Å². The van der Waals surface area contributed by atoms with Crippen molar-refractivity contribution in [2.45, 2.75) is 12.1 Å². The summed E-state index contributed by atoms with van der Waals surface area (Å²) in [4.78, 5) is 27.5. The molecule has 1 N–H and O–H groups in total. The molecule has 2 heterocycles. The lowest BCUT2D eigenvalue weighted by Gasteiger charge is -2.28. The quantitative estimate of drug-likeness (QED) is 0.468. The van der Waals surface area contributed by atoms with Gasteiger partial charge in [0.1, 0.15) is 18.2 Å². The van der Waals surface area contributed by atoms with E-state index in [0.717, 1.165) is 4.90 Å². The van der Waals surface area contributed by atoms with Crippen LogP contribution in [-0.2, 0) is 16.9 Å². The summed E-state index contributed by atoms with van der Waals surface area (Å²) in [6, 6.07) is 18.7. The zero-order valence-electron chi connectivity index (χ0n) is 17.0. The van der Waals surface area contributed by atoms with Crippen molar-refractivity contribution < 1.29 is 22.8 Å². The molecule has 0 radical (unpaired) electrons. The summed E-state index contributed by atoms with van der Waals surface area (Å²) in [6.45, 7) is -0.269. The molecule has 1 aliphatic rings. The number of benzene rings is 3. The van der Waals surface area contributed by atoms with E-state index in [4.69, 9.17) is 4.42 Å². The average molecular weight is 446 g/mol. The Morgan fingerprint density at radius 3 is 1.97 bits per heavy atom. The third-order valence-electron chi connectivity index (χ3n) is 5.44. The van der Waals surface area contributed by atoms with E-state index >= 15 is 0 Å². The standard InChI is InChI=1S/C24H16F2N4O3/c25-18-10-6-16(7-11-18)24(17-8-12-19(26)13-9-17)22(31)30(23(32)27-24)14-20-28-29-21(33-20)15-4-2-1-3-5-15/h1-13H,14H2,(H,27,32). The summed E-state index contributed by atoms with van der Waals surface area (Å²) in [6.07, 6.45) is 0. The van der Waals surface area contributed by atoms with Gasteiger partial charge in [0.15, 0.2) is 5.54 Å². The summed E-state index contributed by atoms with van der Waals surface area (Å²) >= 11 is 0. The Kier molecular flexibility index (Phi) is 4.93. The zero-order valence-corrected chi connectivity index (χ0v) is 17.0. The number of rotatable bonds is 5. The van der Waals surface area contributed by atoms with Crippen LogP contribution in [0.4, 0.5) is 13.6 Å². The van der Waals surface area contributed by atoms with E-state index in [1.54, 1.807) is 12.1 Å². The van der Waals surface area contributed by atoms with Gasteiger partial charge < -0.3 is 9.73 Å². The van der Waals surface area contributed by atoms with Gasteiger partial charge in [0.2, 0.25) is 11.8 Å². The van der Waals surface area contributed by atoms with E-state index in [1.165, 1.54) is 48.5 Å². The number of carbonyl (C=O) groups excluding carboxylic acids is 2. The van der Waals surface area contributed by atoms with Crippen LogP contribution in [0.2, 0.25) is 0 Å². The SMILES string of the molecule is O=C1NC(c2ccc(F)cc2)(c2ccc(F)cc2)C(=O)N1Cc1nnc(-c2ccccc2)o1. The monoisotopic (exact) mass is 446 g/mol. The number of halogens is 2. The fourth-order valence-electron chi connectivity index (χ4n) is 3.83. The van der Waals surface area contributed by atoms with Crippen molar-refractivity contribution in [3.8, 4) is 11.5 Å². The fraction of sp³-hybridized carbons (Fsp3) is 0.0833. The largest absolute Gasteiger partial charge is 0.419 e. The van der Waals surface area contributed by atoms with Crippen LogP contribution in [0.3, 0.4) is 0 Å². The third kappa shape index (κ3) is 3.53. The van der Waals surface area contributed by atoms with Gasteiger partial charge in [-0.3, -0.25) is 9.69 Å². The minimum Gasteiger partial charge on any atom is -0.419 e. The highest BCUT2D eigenvalue weighted by Gasteiger charge is 2.54. The highest BCUT2D eigenvalue weighted by atomic mass is 19.1. The maximum absolute atomic E-state index is 13.7. The van der Waals surface area contributed by atoms with E-state index in [9.17, 15) is 18.4 Å². The van der Waals surface area contributed by atoms with Crippen molar-refractivity contribution in [2.75, 3.05) is 0 Å². The molecule has 33 heavy (non-hydrogen) atoms. The maximum atomic E-state index is 13.7. The Hall–Kier alpha value is -4.40. The van der Waals surface area contributed by atoms with Crippen molar-refractivity contribution in [1.29, 1.82) is 0 Å². The second-order valence-electron chi connectivity index (χ2n) is 7.45. The molecular formula is C24H16F2N4O3. The topological polar surface area (TPSA) is 88.3 Å². The molecule has 9 heteroatoms. The van der Waals surface area contributed by atoms with E-state index in [2.05, 4.69) is 15.5 Å². The maximum Gasteiger partial charge on any atom is 0.326 e. The Bertz CT molecular complexity index is 1280. The van der Waals surface area contributed by atoms with Crippen LogP contribution in [-0.4, -0.2) is 27.0 Å². The molecule has 7 nitrogen and oxygen atoms in total. The highest BCUT2D eigenvalue weighted by Crippen LogP contribution is 2.37. The second kappa shape index (κ2) is 7.94. The summed E-state index contributed by atoms with van der Waals surface area (Å²) in [7, 11) is 0. The molecule has 1 aliphatic heterocycles. The first-order valence-corrected chi connectivity index (χ1v) is 10.0. The van der Waals surface area contributed by atoms with Gasteiger partial charge in [-0.15, -0.1) is 10.2 Å². The number of nitrogens with zero attached hydrogens (tertiary/aromatic N) is 3. The number of carbonyl (C=O) groups is 2. The number of aromatic nitrogens is 2. The lowest BCUT2D eigenvalue weighted by atomic mass is 9.82. The molecule has 1 saturated heterocycles. The molecule has 3 aromatic carbocycles. The van der Waals surface area contributed by atoms with Crippen LogP contribution < -0.4 is 5.32 Å². The number of hydrogen-bond donors (Lipinski definition) is 1. The minimum absolute atomic E-state index is 0.0614. The fourth-order valence-corrected chi connectivity index (χ4v) is 3.83. The first kappa shape index (κ1) is 20.5. The van der Waals surface area contributed by atoms with Gasteiger partial charge in [0, 0.05) is 5.56 Å². The summed E-state index contributed by atoms with van der Waals surface area (Å²) < 4.78 is 32.8. The van der Waals surface area contributed by atoms with Crippen LogP contribution >= 0.6 is 0 Å². The Morgan fingerprint density at radius 2 is 1.39 bits per heavy atom. The number of nitrogens with one attached hydrogen (secondary N) is 1. The van der Waals surface area contributed by atoms with Crippen LogP contribution in [0.15, 0.2) is 83.3 Å². The number of imide groups is 1. The predicted octanol–water partition coefficient (Wildman–Crippen LogP) is 4.01. The van der Waals surface area contributed by atoms with Crippen LogP contribution in [0.1, 0.15) is 17.0 Å². The molecule has 3 amide bonds. The molecule has 0 saturated carbocycles. The normalized spacial score (nSPS) is 15.0. The van der Waals surface area contributed by atoms with Crippen molar-refractivity contribution in [2.24, 2.45) is 0 Å². The molecule has 164 valence electrons. The molecule has 0 spiro atoms. The van der Waals surface area contributed by atoms with Gasteiger partial charge in [0.05, 0.1) is 0 Å². The number of urea groups is 1. The molecule has 1 aromatic heterocycles. The smallest absolute Gasteiger partial charge is 0.326 e. The van der Waals surface area contributed by atoms with Crippen molar-refractivity contribution in [3.05, 3.63) is 108 Å². The van der Waals surface area contributed by atoms with Gasteiger partial charge >= 0.3 is 6.03 Å². The minimum atomic E-state index is -1.67. The zero-order chi connectivity index (χ0) is 23.0. The molecule has 4 aromatic rings. The lowest BCUT2D eigenvalue weighted by molar-refractivity contribution is -0.130. The molecule has 0 aliphatic carbocycles. The number of amides is 3. The summed E-state index contributed by atoms with van der Waals surface area (Å²) in [5, 5.41) is 10.6. The Morgan fingerprint density at radius 1 is 0.818 bits per heavy atom.